The maximum atomic E-state index is 12.9. The number of hydrogen-bond acceptors (Lipinski definition) is 4. The zero-order valence-electron chi connectivity index (χ0n) is 13.9. The fraction of sp³-hybridized carbons (Fsp3) is 0.167. The Labute approximate surface area is 149 Å². The molecule has 0 aliphatic rings. The molecule has 128 valence electrons. The number of halogens is 1. The Bertz CT molecular complexity index is 892. The second-order valence-electron chi connectivity index (χ2n) is 5.50. The first-order valence-electron chi connectivity index (χ1n) is 7.71. The van der Waals surface area contributed by atoms with E-state index in [2.05, 4.69) is 15.5 Å². The first-order valence-corrected chi connectivity index (χ1v) is 8.69. The summed E-state index contributed by atoms with van der Waals surface area (Å²) in [7, 11) is 0. The van der Waals surface area contributed by atoms with E-state index in [0.29, 0.717) is 10.8 Å². The van der Waals surface area contributed by atoms with Gasteiger partial charge in [-0.2, -0.15) is 0 Å². The Morgan fingerprint density at radius 1 is 1.12 bits per heavy atom. The summed E-state index contributed by atoms with van der Waals surface area (Å²) in [6, 6.07) is 13.6. The summed E-state index contributed by atoms with van der Waals surface area (Å²) >= 11 is 1.31. The molecular formula is C18H17FN4OS. The second-order valence-corrected chi connectivity index (χ2v) is 6.44. The van der Waals surface area contributed by atoms with Crippen LogP contribution in [0.1, 0.15) is 11.4 Å². The van der Waals surface area contributed by atoms with E-state index >= 15 is 0 Å². The Morgan fingerprint density at radius 3 is 2.56 bits per heavy atom. The smallest absolute Gasteiger partial charge is 0.234 e. The van der Waals surface area contributed by atoms with Crippen molar-refractivity contribution in [2.75, 3.05) is 11.1 Å². The van der Waals surface area contributed by atoms with Crippen LogP contribution in [-0.4, -0.2) is 26.4 Å². The zero-order valence-corrected chi connectivity index (χ0v) is 14.7. The maximum Gasteiger partial charge on any atom is 0.234 e. The summed E-state index contributed by atoms with van der Waals surface area (Å²) in [5.41, 5.74) is 2.65. The van der Waals surface area contributed by atoms with Crippen LogP contribution in [0.3, 0.4) is 0 Å². The van der Waals surface area contributed by atoms with Gasteiger partial charge in [0.25, 0.3) is 0 Å². The highest BCUT2D eigenvalue weighted by Crippen LogP contribution is 2.24. The molecule has 0 fully saturated rings. The van der Waals surface area contributed by atoms with Crippen LogP contribution in [0, 0.1) is 19.7 Å². The number of aromatic nitrogens is 3. The van der Waals surface area contributed by atoms with Crippen molar-refractivity contribution >= 4 is 23.4 Å². The number of nitrogens with zero attached hydrogens (tertiary/aromatic N) is 3. The van der Waals surface area contributed by atoms with Crippen LogP contribution in [-0.2, 0) is 4.79 Å². The number of nitrogens with one attached hydrogen (secondary N) is 1. The van der Waals surface area contributed by atoms with Crippen molar-refractivity contribution in [2.24, 2.45) is 0 Å². The number of rotatable bonds is 5. The number of para-hydroxylation sites is 1. The summed E-state index contributed by atoms with van der Waals surface area (Å²) in [6.45, 7) is 3.90. The van der Waals surface area contributed by atoms with Gasteiger partial charge >= 0.3 is 0 Å². The lowest BCUT2D eigenvalue weighted by molar-refractivity contribution is -0.113. The minimum Gasteiger partial charge on any atom is -0.325 e. The molecule has 3 aromatic rings. The van der Waals surface area contributed by atoms with Gasteiger partial charge in [0.05, 0.1) is 11.4 Å². The predicted molar refractivity (Wildman–Crippen MR) is 96.6 cm³/mol. The van der Waals surface area contributed by atoms with Gasteiger partial charge < -0.3 is 5.32 Å². The van der Waals surface area contributed by atoms with Crippen molar-refractivity contribution in [3.8, 4) is 5.69 Å². The van der Waals surface area contributed by atoms with E-state index < -0.39 is 0 Å². The molecular weight excluding hydrogens is 339 g/mol. The molecule has 0 aliphatic carbocycles. The molecule has 3 rings (SSSR count). The second kappa shape index (κ2) is 7.48. The van der Waals surface area contributed by atoms with Crippen LogP contribution in [0.5, 0.6) is 0 Å². The van der Waals surface area contributed by atoms with Gasteiger partial charge in [0.15, 0.2) is 5.16 Å². The fourth-order valence-electron chi connectivity index (χ4n) is 2.39. The zero-order chi connectivity index (χ0) is 17.8. The lowest BCUT2D eigenvalue weighted by Crippen LogP contribution is -2.14. The fourth-order valence-corrected chi connectivity index (χ4v) is 3.18. The molecule has 7 heteroatoms. The van der Waals surface area contributed by atoms with E-state index in [1.165, 1.54) is 36.0 Å². The molecule has 0 atom stereocenters. The van der Waals surface area contributed by atoms with E-state index in [4.69, 9.17) is 0 Å². The summed E-state index contributed by atoms with van der Waals surface area (Å²) in [4.78, 5) is 12.1. The van der Waals surface area contributed by atoms with Gasteiger partial charge in [-0.1, -0.05) is 30.0 Å². The first-order chi connectivity index (χ1) is 12.0. The van der Waals surface area contributed by atoms with Crippen molar-refractivity contribution in [1.82, 2.24) is 14.8 Å². The minimum atomic E-state index is -0.339. The topological polar surface area (TPSA) is 59.8 Å². The Kier molecular flexibility index (Phi) is 5.14. The largest absolute Gasteiger partial charge is 0.325 e. The number of carbonyl (C=O) groups excluding carboxylic acids is 1. The van der Waals surface area contributed by atoms with Gasteiger partial charge in [0.2, 0.25) is 5.91 Å². The summed E-state index contributed by atoms with van der Waals surface area (Å²) < 4.78 is 14.8. The number of anilines is 1. The number of amides is 1. The van der Waals surface area contributed by atoms with Crippen LogP contribution in [0.15, 0.2) is 53.7 Å². The molecule has 0 radical (unpaired) electrons. The normalized spacial score (nSPS) is 10.7. The third-order valence-electron chi connectivity index (χ3n) is 3.61. The molecule has 1 aromatic heterocycles. The average Bonchev–Trinajstić information content (AvgIpc) is 2.96. The van der Waals surface area contributed by atoms with Gasteiger partial charge in [-0.15, -0.1) is 10.2 Å². The maximum absolute atomic E-state index is 12.9. The van der Waals surface area contributed by atoms with Crippen molar-refractivity contribution in [1.29, 1.82) is 0 Å². The quantitative estimate of drug-likeness (QED) is 0.707. The monoisotopic (exact) mass is 356 g/mol. The highest BCUT2D eigenvalue weighted by Gasteiger charge is 2.14. The van der Waals surface area contributed by atoms with Crippen LogP contribution in [0.25, 0.3) is 5.69 Å². The molecule has 0 spiro atoms. The van der Waals surface area contributed by atoms with Crippen molar-refractivity contribution in [3.63, 3.8) is 0 Å². The molecule has 1 N–H and O–H groups in total. The summed E-state index contributed by atoms with van der Waals surface area (Å²) in [6.07, 6.45) is 0. The van der Waals surface area contributed by atoms with Gasteiger partial charge in [-0.05, 0) is 49.7 Å². The average molecular weight is 356 g/mol. The number of thioether (sulfide) groups is 1. The molecule has 0 aliphatic heterocycles. The Morgan fingerprint density at radius 2 is 1.84 bits per heavy atom. The molecule has 1 amide bonds. The van der Waals surface area contributed by atoms with Crippen molar-refractivity contribution in [2.45, 2.75) is 19.0 Å². The van der Waals surface area contributed by atoms with Crippen LogP contribution in [0.2, 0.25) is 0 Å². The molecule has 1 heterocycles. The highest BCUT2D eigenvalue weighted by atomic mass is 32.2. The number of benzene rings is 2. The predicted octanol–water partition coefficient (Wildman–Crippen LogP) is 3.75. The third-order valence-corrected chi connectivity index (χ3v) is 4.54. The van der Waals surface area contributed by atoms with Crippen LogP contribution in [0.4, 0.5) is 10.1 Å². The third kappa shape index (κ3) is 4.06. The lowest BCUT2D eigenvalue weighted by Gasteiger charge is -2.11. The summed E-state index contributed by atoms with van der Waals surface area (Å²) in [5, 5.41) is 11.7. The molecule has 0 unspecified atom stereocenters. The van der Waals surface area contributed by atoms with E-state index in [9.17, 15) is 9.18 Å². The van der Waals surface area contributed by atoms with Gasteiger partial charge in [0.1, 0.15) is 11.6 Å². The van der Waals surface area contributed by atoms with Gasteiger partial charge in [-0.25, -0.2) is 4.39 Å². The molecule has 0 bridgehead atoms. The van der Waals surface area contributed by atoms with E-state index in [1.807, 2.05) is 42.7 Å². The lowest BCUT2D eigenvalue weighted by atomic mass is 10.2. The first kappa shape index (κ1) is 17.2. The summed E-state index contributed by atoms with van der Waals surface area (Å²) in [5.74, 6) is 0.417. The van der Waals surface area contributed by atoms with Gasteiger partial charge in [0, 0.05) is 5.69 Å². The number of carbonyl (C=O) groups is 1. The molecule has 25 heavy (non-hydrogen) atoms. The van der Waals surface area contributed by atoms with E-state index in [-0.39, 0.29) is 17.5 Å². The van der Waals surface area contributed by atoms with E-state index in [1.54, 1.807) is 0 Å². The molecule has 0 saturated heterocycles. The Balaban J connectivity index is 1.71. The number of hydrogen-bond donors (Lipinski definition) is 1. The highest BCUT2D eigenvalue weighted by molar-refractivity contribution is 7.99. The van der Waals surface area contributed by atoms with Crippen LogP contribution >= 0.6 is 11.8 Å². The molecule has 5 nitrogen and oxygen atoms in total. The number of aryl methyl sites for hydroxylation is 2. The van der Waals surface area contributed by atoms with Crippen molar-refractivity contribution in [3.05, 3.63) is 65.7 Å². The van der Waals surface area contributed by atoms with Gasteiger partial charge in [-0.3, -0.25) is 9.36 Å². The standard InChI is InChI=1S/C18H17FN4OS/c1-12-5-3-4-6-16(12)23-13(2)21-22-18(23)25-11-17(24)20-15-9-7-14(19)8-10-15/h3-10H,11H2,1-2H3,(H,20,24). The minimum absolute atomic E-state index is 0.182. The van der Waals surface area contributed by atoms with Crippen molar-refractivity contribution < 1.29 is 9.18 Å². The SMILES string of the molecule is Cc1ccccc1-n1c(C)nnc1SCC(=O)Nc1ccc(F)cc1. The molecule has 0 saturated carbocycles. The molecule has 2 aromatic carbocycles. The Hall–Kier alpha value is -2.67. The van der Waals surface area contributed by atoms with E-state index in [0.717, 1.165) is 17.1 Å². The van der Waals surface area contributed by atoms with Crippen LogP contribution < -0.4 is 5.32 Å².